The van der Waals surface area contributed by atoms with E-state index in [1.807, 2.05) is 35.2 Å². The molecule has 1 saturated heterocycles. The molecule has 168 valence electrons. The van der Waals surface area contributed by atoms with Crippen LogP contribution in [0.25, 0.3) is 10.9 Å². The Morgan fingerprint density at radius 1 is 0.909 bits per heavy atom. The predicted octanol–water partition coefficient (Wildman–Crippen LogP) is 5.89. The molecule has 1 aliphatic rings. The molecule has 5 heteroatoms. The van der Waals surface area contributed by atoms with Crippen molar-refractivity contribution in [1.82, 2.24) is 9.88 Å². The summed E-state index contributed by atoms with van der Waals surface area (Å²) in [6, 6.07) is 26.8. The first-order chi connectivity index (χ1) is 16.2. The lowest BCUT2D eigenvalue weighted by Gasteiger charge is -2.36. The SMILES string of the molecule is O=C(CC(Cc1ccccc1)c1c[nH]c2ccccc12)N1CCN(c2cccc(Cl)c2)CC1. The molecule has 1 atom stereocenters. The van der Waals surface area contributed by atoms with Gasteiger partial charge >= 0.3 is 0 Å². The predicted molar refractivity (Wildman–Crippen MR) is 136 cm³/mol. The maximum Gasteiger partial charge on any atom is 0.223 e. The smallest absolute Gasteiger partial charge is 0.223 e. The second-order valence-corrected chi connectivity index (χ2v) is 9.16. The van der Waals surface area contributed by atoms with E-state index < -0.39 is 0 Å². The number of para-hydroxylation sites is 1. The number of carbonyl (C=O) groups is 1. The van der Waals surface area contributed by atoms with Gasteiger partial charge in [-0.25, -0.2) is 0 Å². The van der Waals surface area contributed by atoms with Crippen molar-refractivity contribution < 1.29 is 4.79 Å². The highest BCUT2D eigenvalue weighted by molar-refractivity contribution is 6.30. The van der Waals surface area contributed by atoms with Crippen LogP contribution in [-0.2, 0) is 11.2 Å². The third-order valence-electron chi connectivity index (χ3n) is 6.61. The number of nitrogens with zero attached hydrogens (tertiary/aromatic N) is 2. The van der Waals surface area contributed by atoms with Crippen LogP contribution in [0.15, 0.2) is 85.1 Å². The Labute approximate surface area is 199 Å². The van der Waals surface area contributed by atoms with Crippen LogP contribution in [0.3, 0.4) is 0 Å². The van der Waals surface area contributed by atoms with E-state index in [1.165, 1.54) is 16.5 Å². The van der Waals surface area contributed by atoms with Gasteiger partial charge in [-0.15, -0.1) is 0 Å². The average Bonchev–Trinajstić information content (AvgIpc) is 3.28. The van der Waals surface area contributed by atoms with Gasteiger partial charge in [0.2, 0.25) is 5.91 Å². The van der Waals surface area contributed by atoms with Crippen LogP contribution in [0.4, 0.5) is 5.69 Å². The lowest BCUT2D eigenvalue weighted by atomic mass is 9.88. The molecule has 4 aromatic rings. The van der Waals surface area contributed by atoms with E-state index in [9.17, 15) is 4.79 Å². The Hall–Kier alpha value is -3.24. The fourth-order valence-corrected chi connectivity index (χ4v) is 5.03. The van der Waals surface area contributed by atoms with Gasteiger partial charge in [-0.2, -0.15) is 0 Å². The van der Waals surface area contributed by atoms with E-state index in [0.717, 1.165) is 48.8 Å². The molecule has 2 heterocycles. The number of piperazine rings is 1. The topological polar surface area (TPSA) is 39.3 Å². The lowest BCUT2D eigenvalue weighted by molar-refractivity contribution is -0.131. The molecule has 1 amide bonds. The summed E-state index contributed by atoms with van der Waals surface area (Å²) in [6.07, 6.45) is 3.44. The first-order valence-electron chi connectivity index (χ1n) is 11.6. The fourth-order valence-electron chi connectivity index (χ4n) is 4.85. The quantitative estimate of drug-likeness (QED) is 0.392. The van der Waals surface area contributed by atoms with E-state index in [2.05, 4.69) is 64.6 Å². The second-order valence-electron chi connectivity index (χ2n) is 8.73. The van der Waals surface area contributed by atoms with E-state index >= 15 is 0 Å². The number of fused-ring (bicyclic) bond motifs is 1. The third-order valence-corrected chi connectivity index (χ3v) is 6.85. The number of halogens is 1. The minimum Gasteiger partial charge on any atom is -0.368 e. The van der Waals surface area contributed by atoms with E-state index in [0.29, 0.717) is 6.42 Å². The summed E-state index contributed by atoms with van der Waals surface area (Å²) in [5, 5.41) is 1.95. The maximum absolute atomic E-state index is 13.4. The summed E-state index contributed by atoms with van der Waals surface area (Å²) in [6.45, 7) is 3.11. The summed E-state index contributed by atoms with van der Waals surface area (Å²) < 4.78 is 0. The van der Waals surface area contributed by atoms with Gasteiger partial charge in [-0.05, 0) is 47.7 Å². The number of anilines is 1. The molecule has 0 spiro atoms. The number of rotatable bonds is 6. The minimum absolute atomic E-state index is 0.127. The molecule has 4 nitrogen and oxygen atoms in total. The molecule has 1 aromatic heterocycles. The summed E-state index contributed by atoms with van der Waals surface area (Å²) in [5.74, 6) is 0.356. The first-order valence-corrected chi connectivity index (χ1v) is 11.9. The van der Waals surface area contributed by atoms with Gasteiger partial charge in [0.1, 0.15) is 0 Å². The van der Waals surface area contributed by atoms with Crippen molar-refractivity contribution in [3.8, 4) is 0 Å². The van der Waals surface area contributed by atoms with Crippen molar-refractivity contribution in [2.24, 2.45) is 0 Å². The highest BCUT2D eigenvalue weighted by atomic mass is 35.5. The van der Waals surface area contributed by atoms with E-state index in [4.69, 9.17) is 11.6 Å². The van der Waals surface area contributed by atoms with Crippen LogP contribution in [0.1, 0.15) is 23.5 Å². The van der Waals surface area contributed by atoms with Crippen molar-refractivity contribution in [1.29, 1.82) is 0 Å². The Bertz CT molecular complexity index is 1230. The number of H-pyrrole nitrogens is 1. The number of aromatic nitrogens is 1. The molecule has 1 aliphatic heterocycles. The number of aromatic amines is 1. The van der Waals surface area contributed by atoms with Crippen LogP contribution < -0.4 is 4.90 Å². The zero-order valence-corrected chi connectivity index (χ0v) is 19.3. The molecule has 3 aromatic carbocycles. The Balaban J connectivity index is 1.31. The van der Waals surface area contributed by atoms with Crippen molar-refractivity contribution >= 4 is 34.1 Å². The highest BCUT2D eigenvalue weighted by Gasteiger charge is 2.26. The monoisotopic (exact) mass is 457 g/mol. The van der Waals surface area contributed by atoms with Crippen LogP contribution in [0.2, 0.25) is 5.02 Å². The zero-order valence-electron chi connectivity index (χ0n) is 18.6. The number of amides is 1. The molecule has 1 unspecified atom stereocenters. The maximum atomic E-state index is 13.4. The van der Waals surface area contributed by atoms with Crippen LogP contribution in [0, 0.1) is 0 Å². The van der Waals surface area contributed by atoms with Gasteiger partial charge in [0.15, 0.2) is 0 Å². The molecule has 0 aliphatic carbocycles. The molecule has 0 saturated carbocycles. The normalized spacial score (nSPS) is 15.1. The first kappa shape index (κ1) is 21.6. The number of benzene rings is 3. The molecule has 1 fully saturated rings. The standard InChI is InChI=1S/C28H28ClN3O/c29-23-9-6-10-24(19-23)31-13-15-32(16-14-31)28(33)18-22(17-21-7-2-1-3-8-21)26-20-30-27-12-5-4-11-25(26)27/h1-12,19-20,22,30H,13-18H2. The van der Waals surface area contributed by atoms with Crippen molar-refractivity contribution in [2.45, 2.75) is 18.8 Å². The molecule has 0 radical (unpaired) electrons. The Kier molecular flexibility index (Phi) is 6.36. The van der Waals surface area contributed by atoms with Crippen LogP contribution in [0.5, 0.6) is 0 Å². The molecular weight excluding hydrogens is 430 g/mol. The number of nitrogens with one attached hydrogen (secondary N) is 1. The van der Waals surface area contributed by atoms with Gasteiger partial charge < -0.3 is 14.8 Å². The summed E-state index contributed by atoms with van der Waals surface area (Å²) in [4.78, 5) is 21.1. The molecule has 0 bridgehead atoms. The van der Waals surface area contributed by atoms with Crippen molar-refractivity contribution in [2.75, 3.05) is 31.1 Å². The Morgan fingerprint density at radius 3 is 2.45 bits per heavy atom. The van der Waals surface area contributed by atoms with Gasteiger partial charge in [0.25, 0.3) is 0 Å². The van der Waals surface area contributed by atoms with Crippen molar-refractivity contribution in [3.05, 3.63) is 101 Å². The van der Waals surface area contributed by atoms with Crippen LogP contribution in [-0.4, -0.2) is 42.0 Å². The zero-order chi connectivity index (χ0) is 22.6. The highest BCUT2D eigenvalue weighted by Crippen LogP contribution is 2.32. The summed E-state index contributed by atoms with van der Waals surface area (Å²) in [5.41, 5.74) is 4.72. The minimum atomic E-state index is 0.127. The van der Waals surface area contributed by atoms with E-state index in [1.54, 1.807) is 0 Å². The third kappa shape index (κ3) is 4.91. The van der Waals surface area contributed by atoms with Crippen LogP contribution >= 0.6 is 11.6 Å². The fraction of sp³-hybridized carbons (Fsp3) is 0.250. The largest absolute Gasteiger partial charge is 0.368 e. The summed E-state index contributed by atoms with van der Waals surface area (Å²) in [7, 11) is 0. The molecule has 1 N–H and O–H groups in total. The van der Waals surface area contributed by atoms with Crippen molar-refractivity contribution in [3.63, 3.8) is 0 Å². The van der Waals surface area contributed by atoms with Gasteiger partial charge in [0.05, 0.1) is 0 Å². The molecular formula is C28H28ClN3O. The molecule has 5 rings (SSSR count). The summed E-state index contributed by atoms with van der Waals surface area (Å²) >= 11 is 6.16. The van der Waals surface area contributed by atoms with E-state index in [-0.39, 0.29) is 11.8 Å². The van der Waals surface area contributed by atoms with Gasteiger partial charge in [-0.1, -0.05) is 66.2 Å². The second kappa shape index (κ2) is 9.72. The average molecular weight is 458 g/mol. The molecule has 33 heavy (non-hydrogen) atoms. The van der Waals surface area contributed by atoms with Gasteiger partial charge in [-0.3, -0.25) is 4.79 Å². The Morgan fingerprint density at radius 2 is 1.67 bits per heavy atom. The number of hydrogen-bond acceptors (Lipinski definition) is 2. The number of carbonyl (C=O) groups excluding carboxylic acids is 1. The van der Waals surface area contributed by atoms with Gasteiger partial charge in [0, 0.05) is 60.4 Å². The number of hydrogen-bond donors (Lipinski definition) is 1. The lowest BCUT2D eigenvalue weighted by Crippen LogP contribution is -2.49.